The van der Waals surface area contributed by atoms with Crippen molar-refractivity contribution in [1.29, 1.82) is 0 Å². The third kappa shape index (κ3) is 7.02. The molecule has 10 nitrogen and oxygen atoms in total. The van der Waals surface area contributed by atoms with Crippen LogP contribution in [-0.4, -0.2) is 66.7 Å². The van der Waals surface area contributed by atoms with Crippen molar-refractivity contribution in [2.24, 2.45) is 10.4 Å². The Balaban J connectivity index is 0.919. The van der Waals surface area contributed by atoms with E-state index in [0.29, 0.717) is 12.5 Å². The zero-order valence-electron chi connectivity index (χ0n) is 27.7. The van der Waals surface area contributed by atoms with Gasteiger partial charge in [-0.1, -0.05) is 86.1 Å². The molecule has 0 radical (unpaired) electrons. The van der Waals surface area contributed by atoms with E-state index in [1.54, 1.807) is 0 Å². The average Bonchev–Trinajstić information content (AvgIpc) is 3.79. The monoisotopic (exact) mass is 628 g/mol. The molecule has 0 saturated heterocycles. The van der Waals surface area contributed by atoms with Crippen molar-refractivity contribution in [2.75, 3.05) is 31.5 Å². The first-order valence-electron chi connectivity index (χ1n) is 16.9. The van der Waals surface area contributed by atoms with Gasteiger partial charge < -0.3 is 10.6 Å². The summed E-state index contributed by atoms with van der Waals surface area (Å²) < 4.78 is 3.83. The molecule has 2 N–H and O–H groups in total. The molecule has 2 aromatic carbocycles. The van der Waals surface area contributed by atoms with E-state index in [4.69, 9.17) is 10.1 Å². The average molecular weight is 629 g/mol. The summed E-state index contributed by atoms with van der Waals surface area (Å²) in [6.07, 6.45) is 7.64. The molecular formula is C37H44N10. The fourth-order valence-electron chi connectivity index (χ4n) is 6.40. The summed E-state index contributed by atoms with van der Waals surface area (Å²) in [7, 11) is 0. The standard InChI is InChI=1S/C37H44N10/c1-26-33(32(21-39-26)28-12-6-4-7-13-28)23-46-22-30(41-45-46)18-11-19-38-24-37(2,3)25-40-35-31(27-16-10-17-27)20-34-42-43-36(47(34)44-35)29-14-8-5-9-15-29/h4-9,12-15,20,22,27,38H,10-11,16-19,21,23-25H2,1-3H3,(H,40,44). The first-order valence-corrected chi connectivity index (χ1v) is 16.9. The van der Waals surface area contributed by atoms with Crippen molar-refractivity contribution in [3.8, 4) is 11.4 Å². The lowest BCUT2D eigenvalue weighted by Gasteiger charge is -2.30. The number of hydrogen-bond donors (Lipinski definition) is 2. The van der Waals surface area contributed by atoms with E-state index in [0.717, 1.165) is 73.3 Å². The van der Waals surface area contributed by atoms with Gasteiger partial charge in [0.1, 0.15) is 0 Å². The first kappa shape index (κ1) is 30.9. The van der Waals surface area contributed by atoms with E-state index < -0.39 is 0 Å². The van der Waals surface area contributed by atoms with E-state index in [-0.39, 0.29) is 5.41 Å². The molecule has 0 unspecified atom stereocenters. The lowest BCUT2D eigenvalue weighted by atomic mass is 9.80. The fourth-order valence-corrected chi connectivity index (χ4v) is 6.40. The summed E-state index contributed by atoms with van der Waals surface area (Å²) in [6.45, 7) is 10.7. The second-order valence-corrected chi connectivity index (χ2v) is 13.7. The summed E-state index contributed by atoms with van der Waals surface area (Å²) in [4.78, 5) is 4.70. The lowest BCUT2D eigenvalue weighted by molar-refractivity contribution is 0.360. The molecule has 1 saturated carbocycles. The predicted molar refractivity (Wildman–Crippen MR) is 188 cm³/mol. The largest absolute Gasteiger partial charge is 0.368 e. The van der Waals surface area contributed by atoms with Gasteiger partial charge in [0.15, 0.2) is 17.3 Å². The zero-order chi connectivity index (χ0) is 32.2. The van der Waals surface area contributed by atoms with Crippen LogP contribution in [-0.2, 0) is 13.0 Å². The van der Waals surface area contributed by atoms with Gasteiger partial charge in [0.2, 0.25) is 0 Å². The molecular weight excluding hydrogens is 584 g/mol. The van der Waals surface area contributed by atoms with Gasteiger partial charge in [0, 0.05) is 41.7 Å². The van der Waals surface area contributed by atoms with Crippen molar-refractivity contribution in [3.63, 3.8) is 0 Å². The van der Waals surface area contributed by atoms with Gasteiger partial charge >= 0.3 is 0 Å². The fraction of sp³-hybridized carbons (Fsp3) is 0.405. The van der Waals surface area contributed by atoms with Crippen molar-refractivity contribution in [1.82, 2.24) is 40.1 Å². The van der Waals surface area contributed by atoms with Crippen molar-refractivity contribution in [3.05, 3.63) is 95.3 Å². The summed E-state index contributed by atoms with van der Waals surface area (Å²) in [6, 6.07) is 22.9. The van der Waals surface area contributed by atoms with Crippen LogP contribution < -0.4 is 10.6 Å². The summed E-state index contributed by atoms with van der Waals surface area (Å²) in [5.74, 6) is 2.24. The number of benzene rings is 2. The highest BCUT2D eigenvalue weighted by molar-refractivity contribution is 6.08. The van der Waals surface area contributed by atoms with Crippen LogP contribution in [0.1, 0.15) is 69.2 Å². The van der Waals surface area contributed by atoms with Gasteiger partial charge in [-0.25, -0.2) is 4.68 Å². The number of aliphatic imine (C=N–C) groups is 1. The predicted octanol–water partition coefficient (Wildman–Crippen LogP) is 6.24. The lowest BCUT2D eigenvalue weighted by Crippen LogP contribution is -2.36. The van der Waals surface area contributed by atoms with Gasteiger partial charge in [0.05, 0.1) is 18.8 Å². The number of anilines is 1. The molecule has 10 heteroatoms. The zero-order valence-corrected chi connectivity index (χ0v) is 27.7. The molecule has 0 amide bonds. The second kappa shape index (κ2) is 13.6. The molecule has 2 aliphatic rings. The molecule has 0 spiro atoms. The first-order chi connectivity index (χ1) is 22.9. The Kier molecular flexibility index (Phi) is 8.93. The maximum absolute atomic E-state index is 5.05. The Morgan fingerprint density at radius 1 is 0.915 bits per heavy atom. The van der Waals surface area contributed by atoms with Gasteiger partial charge in [-0.3, -0.25) is 4.99 Å². The van der Waals surface area contributed by atoms with E-state index in [1.165, 1.54) is 41.5 Å². The van der Waals surface area contributed by atoms with Gasteiger partial charge in [-0.15, -0.1) is 20.4 Å². The molecule has 5 aromatic rings. The van der Waals surface area contributed by atoms with Gasteiger partial charge in [0.25, 0.3) is 0 Å². The minimum Gasteiger partial charge on any atom is -0.368 e. The number of allylic oxidation sites excluding steroid dienone is 1. The molecule has 4 heterocycles. The maximum Gasteiger partial charge on any atom is 0.185 e. The number of aryl methyl sites for hydroxylation is 1. The molecule has 3 aromatic heterocycles. The third-order valence-corrected chi connectivity index (χ3v) is 9.43. The SMILES string of the molecule is CC1=NCC(c2ccccc2)=C1Cn1cc(CCCNCC(C)(C)CNc2nn3c(-c4ccccc4)nnc3cc2C2CCC2)nn1. The topological polar surface area (TPSA) is 110 Å². The van der Waals surface area contributed by atoms with Gasteiger partial charge in [-0.2, -0.15) is 4.52 Å². The molecule has 242 valence electrons. The van der Waals surface area contributed by atoms with Gasteiger partial charge in [-0.05, 0) is 67.7 Å². The minimum atomic E-state index is 0.0248. The van der Waals surface area contributed by atoms with Crippen LogP contribution in [0, 0.1) is 5.41 Å². The minimum absolute atomic E-state index is 0.0248. The van der Waals surface area contributed by atoms with Crippen LogP contribution in [0.15, 0.2) is 83.5 Å². The number of nitrogens with zero attached hydrogens (tertiary/aromatic N) is 8. The van der Waals surface area contributed by atoms with E-state index in [9.17, 15) is 0 Å². The molecule has 1 fully saturated rings. The van der Waals surface area contributed by atoms with Crippen LogP contribution >= 0.6 is 0 Å². The molecule has 1 aliphatic heterocycles. The number of nitrogens with one attached hydrogen (secondary N) is 2. The summed E-state index contributed by atoms with van der Waals surface area (Å²) in [5.41, 5.74) is 8.98. The Morgan fingerprint density at radius 2 is 1.68 bits per heavy atom. The van der Waals surface area contributed by atoms with E-state index in [1.807, 2.05) is 39.5 Å². The molecule has 0 atom stereocenters. The molecule has 7 rings (SSSR count). The van der Waals surface area contributed by atoms with E-state index in [2.05, 4.69) is 94.5 Å². The highest BCUT2D eigenvalue weighted by Crippen LogP contribution is 2.40. The van der Waals surface area contributed by atoms with Crippen LogP contribution in [0.25, 0.3) is 22.6 Å². The highest BCUT2D eigenvalue weighted by Gasteiger charge is 2.27. The van der Waals surface area contributed by atoms with Crippen LogP contribution in [0.3, 0.4) is 0 Å². The summed E-state index contributed by atoms with van der Waals surface area (Å²) in [5, 5.41) is 30.3. The van der Waals surface area contributed by atoms with Crippen molar-refractivity contribution >= 4 is 22.7 Å². The molecule has 47 heavy (non-hydrogen) atoms. The maximum atomic E-state index is 5.05. The number of aromatic nitrogens is 7. The van der Waals surface area contributed by atoms with Crippen LogP contribution in [0.5, 0.6) is 0 Å². The molecule has 1 aliphatic carbocycles. The van der Waals surface area contributed by atoms with Crippen LogP contribution in [0.4, 0.5) is 5.82 Å². The number of hydrogen-bond acceptors (Lipinski definition) is 8. The number of rotatable bonds is 14. The Bertz CT molecular complexity index is 1880. The quantitative estimate of drug-likeness (QED) is 0.140. The van der Waals surface area contributed by atoms with E-state index >= 15 is 0 Å². The Morgan fingerprint density at radius 3 is 2.43 bits per heavy atom. The smallest absolute Gasteiger partial charge is 0.185 e. The Labute approximate surface area is 276 Å². The second-order valence-electron chi connectivity index (χ2n) is 13.7. The third-order valence-electron chi connectivity index (χ3n) is 9.43. The normalized spacial score (nSPS) is 15.3. The number of fused-ring (bicyclic) bond motifs is 1. The summed E-state index contributed by atoms with van der Waals surface area (Å²) >= 11 is 0. The van der Waals surface area contributed by atoms with Crippen molar-refractivity contribution in [2.45, 2.75) is 65.3 Å². The molecule has 0 bridgehead atoms. The van der Waals surface area contributed by atoms with Crippen molar-refractivity contribution < 1.29 is 0 Å². The Hall–Kier alpha value is -4.70. The highest BCUT2D eigenvalue weighted by atomic mass is 15.4. The van der Waals surface area contributed by atoms with Crippen LogP contribution in [0.2, 0.25) is 0 Å².